The van der Waals surface area contributed by atoms with Crippen LogP contribution in [0.2, 0.25) is 0 Å². The SMILES string of the molecule is [C-]#[N+]c1cccc2cc(-c3nc(C#N)c(N)nc3-c3ccccc3)ccc12. The van der Waals surface area contributed by atoms with Gasteiger partial charge < -0.3 is 5.73 Å². The Morgan fingerprint density at radius 3 is 2.41 bits per heavy atom. The van der Waals surface area contributed by atoms with Gasteiger partial charge in [0.2, 0.25) is 0 Å². The van der Waals surface area contributed by atoms with Crippen LogP contribution >= 0.6 is 0 Å². The van der Waals surface area contributed by atoms with Gasteiger partial charge in [0, 0.05) is 11.1 Å². The molecular weight excluding hydrogens is 334 g/mol. The number of anilines is 1. The third kappa shape index (κ3) is 2.84. The summed E-state index contributed by atoms with van der Waals surface area (Å²) in [6, 6.07) is 23.0. The van der Waals surface area contributed by atoms with Crippen molar-refractivity contribution in [2.45, 2.75) is 0 Å². The zero-order valence-corrected chi connectivity index (χ0v) is 14.2. The summed E-state index contributed by atoms with van der Waals surface area (Å²) in [5.41, 5.74) is 9.50. The molecule has 0 amide bonds. The molecule has 0 unspecified atom stereocenters. The molecule has 0 atom stereocenters. The lowest BCUT2D eigenvalue weighted by atomic mass is 10.00. The zero-order chi connectivity index (χ0) is 18.8. The Labute approximate surface area is 156 Å². The summed E-state index contributed by atoms with van der Waals surface area (Å²) in [5.74, 6) is 0.108. The predicted molar refractivity (Wildman–Crippen MR) is 106 cm³/mol. The summed E-state index contributed by atoms with van der Waals surface area (Å²) in [6.07, 6.45) is 0. The number of nitriles is 1. The van der Waals surface area contributed by atoms with Gasteiger partial charge in [0.15, 0.2) is 17.2 Å². The summed E-state index contributed by atoms with van der Waals surface area (Å²) >= 11 is 0. The lowest BCUT2D eigenvalue weighted by Crippen LogP contribution is -2.03. The Bertz CT molecular complexity index is 1250. The monoisotopic (exact) mass is 347 g/mol. The van der Waals surface area contributed by atoms with Crippen LogP contribution in [0.25, 0.3) is 38.1 Å². The lowest BCUT2D eigenvalue weighted by Gasteiger charge is -2.11. The molecule has 0 saturated heterocycles. The fraction of sp³-hybridized carbons (Fsp3) is 0. The Balaban J connectivity index is 2.00. The highest BCUT2D eigenvalue weighted by atomic mass is 14.9. The molecule has 0 aliphatic heterocycles. The molecule has 0 fully saturated rings. The number of hydrogen-bond acceptors (Lipinski definition) is 4. The Morgan fingerprint density at radius 2 is 1.67 bits per heavy atom. The van der Waals surface area contributed by atoms with Gasteiger partial charge in [0.05, 0.1) is 18.0 Å². The Kier molecular flexibility index (Phi) is 3.97. The lowest BCUT2D eigenvalue weighted by molar-refractivity contribution is 1.18. The minimum atomic E-state index is 0.0969. The molecule has 0 bridgehead atoms. The fourth-order valence-corrected chi connectivity index (χ4v) is 3.04. The second kappa shape index (κ2) is 6.59. The summed E-state index contributed by atoms with van der Waals surface area (Å²) in [7, 11) is 0. The van der Waals surface area contributed by atoms with E-state index >= 15 is 0 Å². The third-order valence-electron chi connectivity index (χ3n) is 4.33. The van der Waals surface area contributed by atoms with E-state index in [1.165, 1.54) is 0 Å². The van der Waals surface area contributed by atoms with Crippen LogP contribution in [0.5, 0.6) is 0 Å². The quantitative estimate of drug-likeness (QED) is 0.519. The van der Waals surface area contributed by atoms with Crippen LogP contribution in [0.3, 0.4) is 0 Å². The molecule has 27 heavy (non-hydrogen) atoms. The average molecular weight is 347 g/mol. The van der Waals surface area contributed by atoms with E-state index in [-0.39, 0.29) is 11.5 Å². The second-order valence-corrected chi connectivity index (χ2v) is 5.96. The molecule has 0 saturated carbocycles. The summed E-state index contributed by atoms with van der Waals surface area (Å²) in [6.45, 7) is 7.32. The first kappa shape index (κ1) is 16.3. The number of nitrogens with zero attached hydrogens (tertiary/aromatic N) is 4. The van der Waals surface area contributed by atoms with Gasteiger partial charge in [-0.2, -0.15) is 5.26 Å². The molecule has 0 aliphatic carbocycles. The molecule has 0 spiro atoms. The van der Waals surface area contributed by atoms with Crippen LogP contribution < -0.4 is 5.73 Å². The number of nitrogens with two attached hydrogens (primary N) is 1. The van der Waals surface area contributed by atoms with E-state index in [1.54, 1.807) is 6.07 Å². The van der Waals surface area contributed by atoms with Crippen molar-refractivity contribution in [3.05, 3.63) is 83.8 Å². The smallest absolute Gasteiger partial charge is 0.194 e. The number of nitrogen functional groups attached to an aromatic ring is 1. The maximum Gasteiger partial charge on any atom is 0.194 e. The topological polar surface area (TPSA) is 80.0 Å². The van der Waals surface area contributed by atoms with Gasteiger partial charge in [-0.3, -0.25) is 0 Å². The zero-order valence-electron chi connectivity index (χ0n) is 14.2. The van der Waals surface area contributed by atoms with Crippen molar-refractivity contribution < 1.29 is 0 Å². The van der Waals surface area contributed by atoms with Gasteiger partial charge in [-0.25, -0.2) is 14.8 Å². The number of rotatable bonds is 2. The van der Waals surface area contributed by atoms with E-state index in [1.807, 2.05) is 66.7 Å². The van der Waals surface area contributed by atoms with E-state index in [9.17, 15) is 5.26 Å². The predicted octanol–water partition coefficient (Wildman–Crippen LogP) is 4.97. The molecule has 4 aromatic rings. The first-order valence-electron chi connectivity index (χ1n) is 8.25. The molecule has 3 aromatic carbocycles. The molecule has 0 aliphatic rings. The van der Waals surface area contributed by atoms with Gasteiger partial charge in [-0.05, 0) is 16.8 Å². The van der Waals surface area contributed by atoms with Crippen molar-refractivity contribution in [3.8, 4) is 28.6 Å². The van der Waals surface area contributed by atoms with E-state index in [0.29, 0.717) is 17.1 Å². The fourth-order valence-electron chi connectivity index (χ4n) is 3.04. The van der Waals surface area contributed by atoms with Crippen molar-refractivity contribution >= 4 is 22.3 Å². The van der Waals surface area contributed by atoms with Gasteiger partial charge in [0.25, 0.3) is 0 Å². The van der Waals surface area contributed by atoms with Gasteiger partial charge in [-0.1, -0.05) is 60.7 Å². The van der Waals surface area contributed by atoms with Crippen molar-refractivity contribution in [1.29, 1.82) is 5.26 Å². The number of fused-ring (bicyclic) bond motifs is 1. The highest BCUT2D eigenvalue weighted by molar-refractivity contribution is 5.97. The molecule has 126 valence electrons. The van der Waals surface area contributed by atoms with Crippen LogP contribution in [0.15, 0.2) is 66.7 Å². The Morgan fingerprint density at radius 1 is 0.889 bits per heavy atom. The molecular formula is C22H13N5. The summed E-state index contributed by atoms with van der Waals surface area (Å²) in [4.78, 5) is 12.5. The largest absolute Gasteiger partial charge is 0.381 e. The van der Waals surface area contributed by atoms with E-state index in [0.717, 1.165) is 21.9 Å². The first-order chi connectivity index (χ1) is 13.2. The maximum absolute atomic E-state index is 9.33. The average Bonchev–Trinajstić information content (AvgIpc) is 2.73. The number of hydrogen-bond donors (Lipinski definition) is 1. The van der Waals surface area contributed by atoms with Crippen molar-refractivity contribution in [2.24, 2.45) is 0 Å². The van der Waals surface area contributed by atoms with E-state index in [4.69, 9.17) is 12.3 Å². The maximum atomic E-state index is 9.33. The number of benzene rings is 3. The normalized spacial score (nSPS) is 10.3. The van der Waals surface area contributed by atoms with Crippen LogP contribution in [-0.4, -0.2) is 9.97 Å². The minimum absolute atomic E-state index is 0.0969. The molecule has 0 radical (unpaired) electrons. The second-order valence-electron chi connectivity index (χ2n) is 5.96. The van der Waals surface area contributed by atoms with Gasteiger partial charge >= 0.3 is 0 Å². The van der Waals surface area contributed by atoms with Crippen LogP contribution in [0.1, 0.15) is 5.69 Å². The summed E-state index contributed by atoms with van der Waals surface area (Å²) < 4.78 is 0. The minimum Gasteiger partial charge on any atom is -0.381 e. The first-order valence-corrected chi connectivity index (χ1v) is 8.25. The highest BCUT2D eigenvalue weighted by Crippen LogP contribution is 2.34. The Hall–Kier alpha value is -4.22. The van der Waals surface area contributed by atoms with Crippen LogP contribution in [0.4, 0.5) is 11.5 Å². The standard InChI is InChI=1S/C22H13N5/c1-25-18-9-5-8-15-12-16(10-11-17(15)18)21-20(14-6-3-2-4-7-14)27-22(24)19(13-23)26-21/h2-12H,(H2,24,27). The highest BCUT2D eigenvalue weighted by Gasteiger charge is 2.16. The van der Waals surface area contributed by atoms with Gasteiger partial charge in [-0.15, -0.1) is 0 Å². The molecule has 4 rings (SSSR count). The molecule has 2 N–H and O–H groups in total. The van der Waals surface area contributed by atoms with Crippen molar-refractivity contribution in [1.82, 2.24) is 9.97 Å². The third-order valence-corrected chi connectivity index (χ3v) is 4.33. The van der Waals surface area contributed by atoms with Crippen LogP contribution in [-0.2, 0) is 0 Å². The van der Waals surface area contributed by atoms with Crippen molar-refractivity contribution in [2.75, 3.05) is 5.73 Å². The molecule has 5 heteroatoms. The molecule has 5 nitrogen and oxygen atoms in total. The molecule has 1 aromatic heterocycles. The van der Waals surface area contributed by atoms with Crippen LogP contribution in [0, 0.1) is 17.9 Å². The molecule has 1 heterocycles. The van der Waals surface area contributed by atoms with Gasteiger partial charge in [0.1, 0.15) is 6.07 Å². The van der Waals surface area contributed by atoms with E-state index < -0.39 is 0 Å². The number of aromatic nitrogens is 2. The van der Waals surface area contributed by atoms with Crippen molar-refractivity contribution in [3.63, 3.8) is 0 Å². The van der Waals surface area contributed by atoms with E-state index in [2.05, 4.69) is 14.8 Å². The summed E-state index contributed by atoms with van der Waals surface area (Å²) in [5, 5.41) is 11.1.